The molecule has 6 nitrogen and oxygen atoms in total. The van der Waals surface area contributed by atoms with Gasteiger partial charge in [0, 0.05) is 11.9 Å². The van der Waals surface area contributed by atoms with Gasteiger partial charge in [-0.3, -0.25) is 9.35 Å². The Labute approximate surface area is 123 Å². The first-order valence-corrected chi connectivity index (χ1v) is 7.60. The number of rotatable bonds is 3. The Morgan fingerprint density at radius 2 is 1.80 bits per heavy atom. The lowest BCUT2D eigenvalue weighted by Crippen LogP contribution is -2.12. The molecule has 104 valence electrons. The molecule has 8 heteroatoms. The number of nitrogens with one attached hydrogen (secondary N) is 1. The summed E-state index contributed by atoms with van der Waals surface area (Å²) in [6, 6.07) is 8.39. The Kier molecular flexibility index (Phi) is 4.17. The van der Waals surface area contributed by atoms with Gasteiger partial charge in [-0.15, -0.1) is 0 Å². The van der Waals surface area contributed by atoms with E-state index >= 15 is 0 Å². The number of benzene rings is 1. The van der Waals surface area contributed by atoms with Crippen LogP contribution in [0.1, 0.15) is 10.4 Å². The molecule has 0 aliphatic heterocycles. The summed E-state index contributed by atoms with van der Waals surface area (Å²) < 4.78 is 31.2. The summed E-state index contributed by atoms with van der Waals surface area (Å²) in [5, 5.41) is 2.59. The molecule has 0 atom stereocenters. The highest BCUT2D eigenvalue weighted by Gasteiger charge is 2.10. The third kappa shape index (κ3) is 3.62. The summed E-state index contributed by atoms with van der Waals surface area (Å²) in [7, 11) is -4.23. The van der Waals surface area contributed by atoms with Crippen LogP contribution in [0.3, 0.4) is 0 Å². The van der Waals surface area contributed by atoms with E-state index in [0.717, 1.165) is 0 Å². The minimum absolute atomic E-state index is 0.235. The quantitative estimate of drug-likeness (QED) is 0.649. The van der Waals surface area contributed by atoms with Gasteiger partial charge >= 0.3 is 0 Å². The monoisotopic (exact) mass is 356 g/mol. The van der Waals surface area contributed by atoms with Crippen LogP contribution in [0.4, 0.5) is 5.69 Å². The number of halogens is 1. The molecule has 0 aliphatic carbocycles. The molecule has 2 rings (SSSR count). The van der Waals surface area contributed by atoms with Gasteiger partial charge in [-0.25, -0.2) is 4.98 Å². The second kappa shape index (κ2) is 5.70. The van der Waals surface area contributed by atoms with Crippen LogP contribution < -0.4 is 5.32 Å². The Hall–Kier alpha value is -1.77. The number of aromatic nitrogens is 1. The van der Waals surface area contributed by atoms with Crippen LogP contribution >= 0.6 is 15.9 Å². The normalized spacial score (nSPS) is 11.1. The van der Waals surface area contributed by atoms with Crippen molar-refractivity contribution in [2.45, 2.75) is 4.90 Å². The summed E-state index contributed by atoms with van der Waals surface area (Å²) >= 11 is 3.16. The summed E-state index contributed by atoms with van der Waals surface area (Å²) in [6.45, 7) is 0. The maximum atomic E-state index is 11.9. The number of amides is 1. The van der Waals surface area contributed by atoms with Gasteiger partial charge in [0.05, 0.1) is 10.5 Å². The van der Waals surface area contributed by atoms with Gasteiger partial charge in [-0.05, 0) is 52.3 Å². The van der Waals surface area contributed by atoms with E-state index in [1.54, 1.807) is 12.1 Å². The zero-order valence-corrected chi connectivity index (χ0v) is 12.3. The molecule has 0 fully saturated rings. The predicted octanol–water partition coefficient (Wildman–Crippen LogP) is 2.34. The minimum atomic E-state index is -4.23. The molecule has 0 spiro atoms. The van der Waals surface area contributed by atoms with E-state index in [2.05, 4.69) is 26.2 Å². The van der Waals surface area contributed by atoms with Gasteiger partial charge in [0.2, 0.25) is 0 Å². The van der Waals surface area contributed by atoms with Crippen molar-refractivity contribution in [1.29, 1.82) is 0 Å². The van der Waals surface area contributed by atoms with Crippen molar-refractivity contribution in [2.75, 3.05) is 5.32 Å². The molecule has 1 amide bonds. The molecule has 1 aromatic carbocycles. The van der Waals surface area contributed by atoms with Crippen LogP contribution in [-0.2, 0) is 10.1 Å². The summed E-state index contributed by atoms with van der Waals surface area (Å²) in [5.74, 6) is -0.371. The standard InChI is InChI=1S/C12H9BrN2O4S/c13-11-6-1-8(7-14-11)12(16)15-9-2-4-10(5-3-9)20(17,18)19/h1-7H,(H,15,16)(H,17,18,19). The number of nitrogens with zero attached hydrogens (tertiary/aromatic N) is 1. The molecular formula is C12H9BrN2O4S. The highest BCUT2D eigenvalue weighted by Crippen LogP contribution is 2.15. The Morgan fingerprint density at radius 3 is 2.30 bits per heavy atom. The zero-order valence-electron chi connectivity index (χ0n) is 9.95. The lowest BCUT2D eigenvalue weighted by Gasteiger charge is -2.05. The molecule has 0 saturated heterocycles. The summed E-state index contributed by atoms with van der Waals surface area (Å²) in [4.78, 5) is 15.6. The van der Waals surface area contributed by atoms with Gasteiger partial charge in [0.15, 0.2) is 0 Å². The zero-order chi connectivity index (χ0) is 14.8. The van der Waals surface area contributed by atoms with E-state index in [4.69, 9.17) is 4.55 Å². The number of hydrogen-bond acceptors (Lipinski definition) is 4. The molecular weight excluding hydrogens is 348 g/mol. The van der Waals surface area contributed by atoms with Crippen LogP contribution in [0.2, 0.25) is 0 Å². The Bertz CT molecular complexity index is 727. The number of carbonyl (C=O) groups excluding carboxylic acids is 1. The first-order valence-electron chi connectivity index (χ1n) is 5.37. The maximum absolute atomic E-state index is 11.9. The second-order valence-corrected chi connectivity index (χ2v) is 6.06. The van der Waals surface area contributed by atoms with E-state index in [9.17, 15) is 13.2 Å². The van der Waals surface area contributed by atoms with Gasteiger partial charge in [-0.2, -0.15) is 8.42 Å². The van der Waals surface area contributed by atoms with E-state index in [1.165, 1.54) is 30.5 Å². The largest absolute Gasteiger partial charge is 0.322 e. The fraction of sp³-hybridized carbons (Fsp3) is 0. The van der Waals surface area contributed by atoms with Crippen LogP contribution in [0.15, 0.2) is 52.1 Å². The highest BCUT2D eigenvalue weighted by atomic mass is 79.9. The molecule has 0 aliphatic rings. The van der Waals surface area contributed by atoms with Crippen molar-refractivity contribution in [1.82, 2.24) is 4.98 Å². The fourth-order valence-electron chi connectivity index (χ4n) is 1.42. The lowest BCUT2D eigenvalue weighted by molar-refractivity contribution is 0.102. The average molecular weight is 357 g/mol. The Morgan fingerprint density at radius 1 is 1.15 bits per heavy atom. The highest BCUT2D eigenvalue weighted by molar-refractivity contribution is 9.10. The van der Waals surface area contributed by atoms with Crippen LogP contribution in [0.25, 0.3) is 0 Å². The number of anilines is 1. The molecule has 0 radical (unpaired) electrons. The van der Waals surface area contributed by atoms with Crippen LogP contribution in [0, 0.1) is 0 Å². The molecule has 0 bridgehead atoms. The molecule has 2 N–H and O–H groups in total. The molecule has 1 aromatic heterocycles. The first-order chi connectivity index (χ1) is 9.36. The molecule has 0 saturated carbocycles. The molecule has 20 heavy (non-hydrogen) atoms. The second-order valence-electron chi connectivity index (χ2n) is 3.82. The fourth-order valence-corrected chi connectivity index (χ4v) is 2.14. The van der Waals surface area contributed by atoms with Crippen molar-refractivity contribution in [3.63, 3.8) is 0 Å². The first kappa shape index (κ1) is 14.6. The van der Waals surface area contributed by atoms with Crippen molar-refractivity contribution >= 4 is 37.6 Å². The van der Waals surface area contributed by atoms with Gasteiger partial charge in [0.1, 0.15) is 4.60 Å². The van der Waals surface area contributed by atoms with Crippen molar-refractivity contribution < 1.29 is 17.8 Å². The average Bonchev–Trinajstić information content (AvgIpc) is 2.39. The maximum Gasteiger partial charge on any atom is 0.294 e. The smallest absolute Gasteiger partial charge is 0.294 e. The molecule has 0 unspecified atom stereocenters. The summed E-state index contributed by atoms with van der Waals surface area (Å²) in [5.41, 5.74) is 0.775. The van der Waals surface area contributed by atoms with Gasteiger partial charge in [0.25, 0.3) is 16.0 Å². The van der Waals surface area contributed by atoms with Crippen molar-refractivity contribution in [3.8, 4) is 0 Å². The third-order valence-corrected chi connectivity index (χ3v) is 3.74. The van der Waals surface area contributed by atoms with Crippen molar-refractivity contribution in [2.24, 2.45) is 0 Å². The van der Waals surface area contributed by atoms with Gasteiger partial charge in [-0.1, -0.05) is 0 Å². The van der Waals surface area contributed by atoms with Gasteiger partial charge < -0.3 is 5.32 Å². The SMILES string of the molecule is O=C(Nc1ccc(S(=O)(=O)O)cc1)c1ccc(Br)nc1. The van der Waals surface area contributed by atoms with E-state index in [1.807, 2.05) is 0 Å². The van der Waals surface area contributed by atoms with E-state index < -0.39 is 10.1 Å². The minimum Gasteiger partial charge on any atom is -0.322 e. The third-order valence-electron chi connectivity index (χ3n) is 2.40. The van der Waals surface area contributed by atoms with Crippen molar-refractivity contribution in [3.05, 3.63) is 52.8 Å². The predicted molar refractivity (Wildman–Crippen MR) is 76.1 cm³/mol. The van der Waals surface area contributed by atoms with E-state index in [-0.39, 0.29) is 10.8 Å². The van der Waals surface area contributed by atoms with Crippen LogP contribution in [-0.4, -0.2) is 23.9 Å². The number of carbonyl (C=O) groups is 1. The molecule has 2 aromatic rings. The topological polar surface area (TPSA) is 96.4 Å². The molecule has 1 heterocycles. The number of hydrogen-bond donors (Lipinski definition) is 2. The Balaban J connectivity index is 2.14. The van der Waals surface area contributed by atoms with Crippen LogP contribution in [0.5, 0.6) is 0 Å². The van der Waals surface area contributed by atoms with E-state index in [0.29, 0.717) is 15.9 Å². The lowest BCUT2D eigenvalue weighted by atomic mass is 10.2. The number of pyridine rings is 1. The summed E-state index contributed by atoms with van der Waals surface area (Å²) in [6.07, 6.45) is 1.41.